The van der Waals surface area contributed by atoms with Gasteiger partial charge in [0.25, 0.3) is 0 Å². The molecule has 2 aromatic carbocycles. The van der Waals surface area contributed by atoms with Crippen LogP contribution in [0.3, 0.4) is 0 Å². The second-order valence-electron chi connectivity index (χ2n) is 7.92. The van der Waals surface area contributed by atoms with Crippen LogP contribution in [-0.2, 0) is 11.2 Å². The van der Waals surface area contributed by atoms with Crippen LogP contribution in [0, 0.1) is 0 Å². The number of halogens is 1. The summed E-state index contributed by atoms with van der Waals surface area (Å²) in [6.07, 6.45) is -4.27. The molecule has 5 atom stereocenters. The van der Waals surface area contributed by atoms with E-state index in [1.54, 1.807) is 36.4 Å². The Labute approximate surface area is 201 Å². The smallest absolute Gasteiger partial charge is 0.226 e. The standard InChI is InChI=1S/C24H25ClN2O7/c1-32-19-10-20(27-12-26-19)33-16-5-2-13(3-6-16)8-15-9-14(4-7-17(15)25)24-23(31)22(30)21(29)18(11-28)34-24/h2-7,9-10,12,18,21-24,28-31H,8,11H2,1H3/t18-,21-,22+,23-,24+/m1/s1. The molecule has 4 N–H and O–H groups in total. The van der Waals surface area contributed by atoms with E-state index in [0.29, 0.717) is 34.5 Å². The van der Waals surface area contributed by atoms with Crippen molar-refractivity contribution in [2.45, 2.75) is 36.9 Å². The van der Waals surface area contributed by atoms with Crippen LogP contribution in [0.2, 0.25) is 5.02 Å². The maximum Gasteiger partial charge on any atom is 0.226 e. The molecule has 1 aliphatic rings. The van der Waals surface area contributed by atoms with E-state index in [1.165, 1.54) is 13.4 Å². The van der Waals surface area contributed by atoms with Crippen molar-refractivity contribution in [2.75, 3.05) is 13.7 Å². The number of ether oxygens (including phenoxy) is 3. The first kappa shape index (κ1) is 24.3. The maximum absolute atomic E-state index is 10.4. The molecule has 34 heavy (non-hydrogen) atoms. The Bertz CT molecular complexity index is 1110. The molecular weight excluding hydrogens is 464 g/mol. The lowest BCUT2D eigenvalue weighted by atomic mass is 9.90. The Morgan fingerprint density at radius 1 is 0.941 bits per heavy atom. The fourth-order valence-electron chi connectivity index (χ4n) is 3.79. The van der Waals surface area contributed by atoms with Gasteiger partial charge < -0.3 is 34.6 Å². The van der Waals surface area contributed by atoms with Crippen molar-refractivity contribution in [1.29, 1.82) is 0 Å². The highest BCUT2D eigenvalue weighted by Gasteiger charge is 2.44. The summed E-state index contributed by atoms with van der Waals surface area (Å²) in [4.78, 5) is 8.00. The SMILES string of the molecule is COc1cc(Oc2ccc(Cc3cc([C@@H]4O[C@H](CO)[C@@H](O)[C@H](O)[C@H]4O)ccc3Cl)cc2)ncn1. The van der Waals surface area contributed by atoms with Gasteiger partial charge in [0.15, 0.2) is 0 Å². The molecule has 4 rings (SSSR count). The zero-order valence-corrected chi connectivity index (χ0v) is 19.0. The van der Waals surface area contributed by atoms with Gasteiger partial charge in [0.05, 0.1) is 19.8 Å². The van der Waals surface area contributed by atoms with Crippen LogP contribution in [0.5, 0.6) is 17.5 Å². The number of aliphatic hydroxyl groups is 4. The molecule has 0 radical (unpaired) electrons. The Kier molecular flexibility index (Phi) is 7.62. The fraction of sp³-hybridized carbons (Fsp3) is 0.333. The molecule has 0 amide bonds. The van der Waals surface area contributed by atoms with E-state index in [4.69, 9.17) is 25.8 Å². The molecule has 1 aliphatic heterocycles. The van der Waals surface area contributed by atoms with Gasteiger partial charge in [-0.05, 0) is 41.3 Å². The Morgan fingerprint density at radius 3 is 2.38 bits per heavy atom. The zero-order chi connectivity index (χ0) is 24.2. The zero-order valence-electron chi connectivity index (χ0n) is 18.3. The van der Waals surface area contributed by atoms with Gasteiger partial charge in [-0.3, -0.25) is 0 Å². The molecule has 9 nitrogen and oxygen atoms in total. The summed E-state index contributed by atoms with van der Waals surface area (Å²) in [5.74, 6) is 1.34. The van der Waals surface area contributed by atoms with Crippen molar-refractivity contribution in [1.82, 2.24) is 9.97 Å². The van der Waals surface area contributed by atoms with Crippen LogP contribution in [0.4, 0.5) is 0 Å². The van der Waals surface area contributed by atoms with Crippen LogP contribution in [0.15, 0.2) is 54.9 Å². The normalized spacial score (nSPS) is 24.6. The van der Waals surface area contributed by atoms with Crippen molar-refractivity contribution in [3.63, 3.8) is 0 Å². The van der Waals surface area contributed by atoms with E-state index < -0.39 is 37.1 Å². The number of methoxy groups -OCH3 is 1. The lowest BCUT2D eigenvalue weighted by Gasteiger charge is -2.40. The first-order chi connectivity index (χ1) is 16.4. The Balaban J connectivity index is 1.49. The quantitative estimate of drug-likeness (QED) is 0.394. The topological polar surface area (TPSA) is 134 Å². The van der Waals surface area contributed by atoms with Gasteiger partial charge in [-0.1, -0.05) is 35.9 Å². The summed E-state index contributed by atoms with van der Waals surface area (Å²) >= 11 is 6.41. The molecule has 1 saturated heterocycles. The van der Waals surface area contributed by atoms with Crippen LogP contribution < -0.4 is 9.47 Å². The van der Waals surface area contributed by atoms with E-state index in [9.17, 15) is 20.4 Å². The third-order valence-electron chi connectivity index (χ3n) is 5.66. The number of nitrogens with zero attached hydrogens (tertiary/aromatic N) is 2. The molecule has 0 bridgehead atoms. The van der Waals surface area contributed by atoms with Crippen molar-refractivity contribution in [3.8, 4) is 17.5 Å². The summed E-state index contributed by atoms with van der Waals surface area (Å²) in [5.41, 5.74) is 2.32. The number of aliphatic hydroxyl groups excluding tert-OH is 4. The highest BCUT2D eigenvalue weighted by atomic mass is 35.5. The van der Waals surface area contributed by atoms with E-state index in [-0.39, 0.29) is 0 Å². The lowest BCUT2D eigenvalue weighted by Crippen LogP contribution is -2.55. The van der Waals surface area contributed by atoms with Crippen molar-refractivity contribution < 1.29 is 34.6 Å². The monoisotopic (exact) mass is 488 g/mol. The molecule has 2 heterocycles. The van der Waals surface area contributed by atoms with Crippen LogP contribution in [0.25, 0.3) is 0 Å². The largest absolute Gasteiger partial charge is 0.481 e. The molecule has 0 spiro atoms. The van der Waals surface area contributed by atoms with Crippen LogP contribution in [0.1, 0.15) is 22.8 Å². The van der Waals surface area contributed by atoms with E-state index in [0.717, 1.165) is 11.1 Å². The molecule has 10 heteroatoms. The second kappa shape index (κ2) is 10.6. The lowest BCUT2D eigenvalue weighted by molar-refractivity contribution is -0.231. The number of hydrogen-bond acceptors (Lipinski definition) is 9. The maximum atomic E-state index is 10.4. The van der Waals surface area contributed by atoms with Crippen molar-refractivity contribution >= 4 is 11.6 Å². The van der Waals surface area contributed by atoms with Crippen molar-refractivity contribution in [2.24, 2.45) is 0 Å². The number of rotatable bonds is 7. The average molecular weight is 489 g/mol. The minimum atomic E-state index is -1.45. The number of aromatic nitrogens is 2. The number of hydrogen-bond donors (Lipinski definition) is 4. The molecule has 0 unspecified atom stereocenters. The first-order valence-electron chi connectivity index (χ1n) is 10.6. The summed E-state index contributed by atoms with van der Waals surface area (Å²) in [6.45, 7) is -0.488. The number of benzene rings is 2. The highest BCUT2D eigenvalue weighted by Crippen LogP contribution is 2.34. The van der Waals surface area contributed by atoms with Gasteiger partial charge in [0, 0.05) is 5.02 Å². The van der Waals surface area contributed by atoms with E-state index in [2.05, 4.69) is 9.97 Å². The third kappa shape index (κ3) is 5.30. The average Bonchev–Trinajstić information content (AvgIpc) is 2.85. The third-order valence-corrected chi connectivity index (χ3v) is 6.03. The van der Waals surface area contributed by atoms with Gasteiger partial charge in [-0.25, -0.2) is 9.97 Å². The fourth-order valence-corrected chi connectivity index (χ4v) is 3.97. The summed E-state index contributed by atoms with van der Waals surface area (Å²) in [6, 6.07) is 14.1. The second-order valence-corrected chi connectivity index (χ2v) is 8.33. The predicted molar refractivity (Wildman–Crippen MR) is 122 cm³/mol. The molecular formula is C24H25ClN2O7. The van der Waals surface area contributed by atoms with Crippen LogP contribution >= 0.6 is 11.6 Å². The van der Waals surface area contributed by atoms with Gasteiger partial charge in [-0.2, -0.15) is 0 Å². The van der Waals surface area contributed by atoms with Crippen LogP contribution in [-0.4, -0.2) is 68.5 Å². The Hall–Kier alpha value is -2.79. The van der Waals surface area contributed by atoms with Crippen molar-refractivity contribution in [3.05, 3.63) is 76.6 Å². The molecule has 180 valence electrons. The first-order valence-corrected chi connectivity index (χ1v) is 11.0. The van der Waals surface area contributed by atoms with Gasteiger partial charge in [-0.15, -0.1) is 0 Å². The van der Waals surface area contributed by atoms with Gasteiger partial charge in [0.1, 0.15) is 42.6 Å². The summed E-state index contributed by atoms with van der Waals surface area (Å²) < 4.78 is 16.5. The molecule has 1 fully saturated rings. The minimum Gasteiger partial charge on any atom is -0.481 e. The summed E-state index contributed by atoms with van der Waals surface area (Å²) in [5, 5.41) is 40.5. The molecule has 3 aromatic rings. The highest BCUT2D eigenvalue weighted by molar-refractivity contribution is 6.31. The summed E-state index contributed by atoms with van der Waals surface area (Å²) in [7, 11) is 1.51. The molecule has 0 saturated carbocycles. The molecule has 0 aliphatic carbocycles. The van der Waals surface area contributed by atoms with E-state index >= 15 is 0 Å². The minimum absolute atomic E-state index is 0.356. The Morgan fingerprint density at radius 2 is 1.68 bits per heavy atom. The van der Waals surface area contributed by atoms with E-state index in [1.807, 2.05) is 12.1 Å². The van der Waals surface area contributed by atoms with Gasteiger partial charge in [0.2, 0.25) is 11.8 Å². The predicted octanol–water partition coefficient (Wildman–Crippen LogP) is 2.04. The van der Waals surface area contributed by atoms with Gasteiger partial charge >= 0.3 is 0 Å². The molecule has 1 aromatic heterocycles.